The van der Waals surface area contributed by atoms with Crippen LogP contribution in [0.2, 0.25) is 0 Å². The molecule has 1 aromatic heterocycles. The number of likely N-dealkylation sites (N-methyl/N-ethyl adjacent to an activating group) is 1. The monoisotopic (exact) mass is 607 g/mol. The highest BCUT2D eigenvalue weighted by atomic mass is 19.4. The van der Waals surface area contributed by atoms with Crippen molar-refractivity contribution in [3.05, 3.63) is 129 Å². The number of benzene rings is 3. The Hall–Kier alpha value is -5.10. The summed E-state index contributed by atoms with van der Waals surface area (Å²) in [7, 11) is 3.16. The molecule has 228 valence electrons. The van der Waals surface area contributed by atoms with Crippen molar-refractivity contribution in [2.75, 3.05) is 19.4 Å². The quantitative estimate of drug-likeness (QED) is 0.168. The Labute approximate surface area is 250 Å². The van der Waals surface area contributed by atoms with Crippen LogP contribution in [0.4, 0.5) is 23.2 Å². The number of nitrogens with one attached hydrogen (secondary N) is 3. The molecule has 0 aliphatic heterocycles. The number of nitrogens with zero attached hydrogens (tertiary/aromatic N) is 2. The van der Waals surface area contributed by atoms with Gasteiger partial charge in [0.2, 0.25) is 0 Å². The summed E-state index contributed by atoms with van der Waals surface area (Å²) < 4.78 is 56.6. The van der Waals surface area contributed by atoms with Crippen LogP contribution in [0.25, 0.3) is 11.4 Å². The lowest BCUT2D eigenvalue weighted by Crippen LogP contribution is -2.31. The Kier molecular flexibility index (Phi) is 9.43. The maximum atomic E-state index is 14.0. The number of rotatable bonds is 10. The third-order valence-corrected chi connectivity index (χ3v) is 6.94. The second kappa shape index (κ2) is 13.0. The minimum absolute atomic E-state index is 0.00873. The van der Waals surface area contributed by atoms with E-state index in [0.717, 1.165) is 22.8 Å². The topological polar surface area (TPSA) is 105 Å². The van der Waals surface area contributed by atoms with Crippen LogP contribution in [0.5, 0.6) is 0 Å². The zero-order valence-corrected chi connectivity index (χ0v) is 24.1. The van der Waals surface area contributed by atoms with E-state index in [1.165, 1.54) is 37.5 Å². The fourth-order valence-corrected chi connectivity index (χ4v) is 4.38. The summed E-state index contributed by atoms with van der Waals surface area (Å²) in [6, 6.07) is 13.3. The molecule has 0 fully saturated rings. The van der Waals surface area contributed by atoms with E-state index in [1.807, 2.05) is 6.92 Å². The summed E-state index contributed by atoms with van der Waals surface area (Å²) in [5.74, 6) is -1.68. The van der Waals surface area contributed by atoms with E-state index in [9.17, 15) is 31.9 Å². The number of halogens is 4. The normalized spacial score (nSPS) is 12.0. The molecule has 0 bridgehead atoms. The SMILES string of the molecule is C=C(Nc1cnc(-c2cccc(C(=O)NC)c2)n(Cc2cc(C(=O)c3ccc(F)cc3)cc(C(F)(F)F)c2)c1=O)[C@H](C)NC. The van der Waals surface area contributed by atoms with Crippen LogP contribution in [-0.2, 0) is 12.7 Å². The molecule has 1 heterocycles. The molecule has 0 aliphatic rings. The van der Waals surface area contributed by atoms with Gasteiger partial charge in [0.15, 0.2) is 5.78 Å². The maximum Gasteiger partial charge on any atom is 0.416 e. The first-order chi connectivity index (χ1) is 20.8. The number of carbonyl (C=O) groups excluding carboxylic acids is 2. The molecule has 0 aliphatic carbocycles. The van der Waals surface area contributed by atoms with Gasteiger partial charge >= 0.3 is 6.18 Å². The van der Waals surface area contributed by atoms with Crippen LogP contribution in [0, 0.1) is 5.82 Å². The number of amides is 1. The second-order valence-electron chi connectivity index (χ2n) is 9.96. The first kappa shape index (κ1) is 31.8. The summed E-state index contributed by atoms with van der Waals surface area (Å²) in [5, 5.41) is 8.41. The van der Waals surface area contributed by atoms with Crippen LogP contribution < -0.4 is 21.5 Å². The van der Waals surface area contributed by atoms with Gasteiger partial charge in [0.05, 0.1) is 18.3 Å². The number of hydrogen-bond acceptors (Lipinski definition) is 6. The number of hydrogen-bond donors (Lipinski definition) is 3. The first-order valence-corrected chi connectivity index (χ1v) is 13.4. The lowest BCUT2D eigenvalue weighted by Gasteiger charge is -2.19. The fraction of sp³-hybridized carbons (Fsp3) is 0.188. The molecule has 0 spiro atoms. The minimum Gasteiger partial charge on any atom is -0.355 e. The minimum atomic E-state index is -4.81. The number of anilines is 1. The van der Waals surface area contributed by atoms with Gasteiger partial charge in [-0.15, -0.1) is 0 Å². The summed E-state index contributed by atoms with van der Waals surface area (Å²) in [5.41, 5.74) is -0.971. The summed E-state index contributed by atoms with van der Waals surface area (Å²) in [6.45, 7) is 5.31. The fourth-order valence-electron chi connectivity index (χ4n) is 4.38. The third kappa shape index (κ3) is 7.09. The highest BCUT2D eigenvalue weighted by Crippen LogP contribution is 2.32. The zero-order chi connectivity index (χ0) is 32.2. The van der Waals surface area contributed by atoms with E-state index in [4.69, 9.17) is 0 Å². The van der Waals surface area contributed by atoms with E-state index in [-0.39, 0.29) is 39.8 Å². The van der Waals surface area contributed by atoms with Crippen molar-refractivity contribution in [1.82, 2.24) is 20.2 Å². The van der Waals surface area contributed by atoms with Crippen LogP contribution in [0.3, 0.4) is 0 Å². The molecule has 4 aromatic rings. The standard InChI is InChI=1S/C32H29F4N5O3/c1-18(37-3)19(2)40-27-16-39-29(22-6-5-7-23(14-22)30(43)38-4)41(31(27)44)17-20-12-24(15-25(13-20)32(34,35)36)28(42)21-8-10-26(33)11-9-21/h5-16,18,37,40H,2,17H2,1,3-4H3,(H,38,43)/t18-/m0/s1. The maximum absolute atomic E-state index is 14.0. The average molecular weight is 608 g/mol. The molecule has 8 nitrogen and oxygen atoms in total. The van der Waals surface area contributed by atoms with Crippen molar-refractivity contribution < 1.29 is 27.2 Å². The molecule has 0 radical (unpaired) electrons. The van der Waals surface area contributed by atoms with Gasteiger partial charge < -0.3 is 16.0 Å². The Bertz CT molecular complexity index is 1780. The molecule has 0 saturated carbocycles. The van der Waals surface area contributed by atoms with Crippen molar-refractivity contribution >= 4 is 17.4 Å². The van der Waals surface area contributed by atoms with Crippen molar-refractivity contribution in [1.29, 1.82) is 0 Å². The van der Waals surface area contributed by atoms with Gasteiger partial charge in [-0.25, -0.2) is 9.37 Å². The zero-order valence-electron chi connectivity index (χ0n) is 24.1. The second-order valence-corrected chi connectivity index (χ2v) is 9.96. The Morgan fingerprint density at radius 1 is 0.977 bits per heavy atom. The van der Waals surface area contributed by atoms with Gasteiger partial charge in [-0.05, 0) is 74.1 Å². The molecule has 1 atom stereocenters. The highest BCUT2D eigenvalue weighted by molar-refractivity contribution is 6.09. The van der Waals surface area contributed by atoms with E-state index in [1.54, 1.807) is 25.2 Å². The highest BCUT2D eigenvalue weighted by Gasteiger charge is 2.32. The molecule has 0 unspecified atom stereocenters. The lowest BCUT2D eigenvalue weighted by atomic mass is 9.98. The lowest BCUT2D eigenvalue weighted by molar-refractivity contribution is -0.137. The summed E-state index contributed by atoms with van der Waals surface area (Å²) in [6.07, 6.45) is -3.53. The number of alkyl halides is 3. The van der Waals surface area contributed by atoms with Crippen LogP contribution >= 0.6 is 0 Å². The van der Waals surface area contributed by atoms with Crippen molar-refractivity contribution in [2.24, 2.45) is 0 Å². The largest absolute Gasteiger partial charge is 0.416 e. The molecule has 3 N–H and O–H groups in total. The van der Waals surface area contributed by atoms with Crippen LogP contribution in [0.1, 0.15) is 44.3 Å². The Morgan fingerprint density at radius 3 is 2.32 bits per heavy atom. The molecule has 12 heteroatoms. The van der Waals surface area contributed by atoms with Gasteiger partial charge in [-0.3, -0.25) is 19.0 Å². The number of aromatic nitrogens is 2. The van der Waals surface area contributed by atoms with E-state index >= 15 is 0 Å². The predicted molar refractivity (Wildman–Crippen MR) is 159 cm³/mol. The molecular weight excluding hydrogens is 578 g/mol. The molecule has 3 aromatic carbocycles. The smallest absolute Gasteiger partial charge is 0.355 e. The van der Waals surface area contributed by atoms with Gasteiger partial charge in [0.25, 0.3) is 11.5 Å². The molecule has 4 rings (SSSR count). The van der Waals surface area contributed by atoms with E-state index in [2.05, 4.69) is 27.5 Å². The van der Waals surface area contributed by atoms with Crippen molar-refractivity contribution in [2.45, 2.75) is 25.7 Å². The predicted octanol–water partition coefficient (Wildman–Crippen LogP) is 5.24. The van der Waals surface area contributed by atoms with Gasteiger partial charge in [-0.2, -0.15) is 13.2 Å². The van der Waals surface area contributed by atoms with E-state index < -0.39 is 41.4 Å². The van der Waals surface area contributed by atoms with Gasteiger partial charge in [-0.1, -0.05) is 18.7 Å². The van der Waals surface area contributed by atoms with Gasteiger partial charge in [0.1, 0.15) is 17.3 Å². The van der Waals surface area contributed by atoms with Crippen molar-refractivity contribution in [3.8, 4) is 11.4 Å². The van der Waals surface area contributed by atoms with E-state index in [0.29, 0.717) is 17.3 Å². The number of ketones is 1. The Balaban J connectivity index is 1.89. The third-order valence-electron chi connectivity index (χ3n) is 6.94. The van der Waals surface area contributed by atoms with Gasteiger partial charge in [0, 0.05) is 41.0 Å². The molecule has 44 heavy (non-hydrogen) atoms. The average Bonchev–Trinajstić information content (AvgIpc) is 3.01. The van der Waals surface area contributed by atoms with Crippen molar-refractivity contribution in [3.63, 3.8) is 0 Å². The molecule has 0 saturated heterocycles. The molecular formula is C32H29F4N5O3. The van der Waals surface area contributed by atoms with Crippen LogP contribution in [-0.4, -0.2) is 41.4 Å². The number of carbonyl (C=O) groups is 2. The first-order valence-electron chi connectivity index (χ1n) is 13.4. The summed E-state index contributed by atoms with van der Waals surface area (Å²) in [4.78, 5) is 43.7. The van der Waals surface area contributed by atoms with Crippen LogP contribution in [0.15, 0.2) is 90.0 Å². The summed E-state index contributed by atoms with van der Waals surface area (Å²) >= 11 is 0. The molecule has 1 amide bonds. The Morgan fingerprint density at radius 2 is 1.68 bits per heavy atom.